The molecule has 1 aromatic heterocycles. The fourth-order valence-electron chi connectivity index (χ4n) is 3.78. The summed E-state index contributed by atoms with van der Waals surface area (Å²) >= 11 is 0. The second-order valence-corrected chi connectivity index (χ2v) is 9.67. The normalized spacial score (nSPS) is 19.8. The van der Waals surface area contributed by atoms with Crippen molar-refractivity contribution in [2.24, 2.45) is 0 Å². The highest BCUT2D eigenvalue weighted by molar-refractivity contribution is 7.86. The zero-order valence-electron chi connectivity index (χ0n) is 16.9. The van der Waals surface area contributed by atoms with Crippen molar-refractivity contribution in [2.45, 2.75) is 38.1 Å². The molecule has 0 bridgehead atoms. The lowest BCUT2D eigenvalue weighted by Crippen LogP contribution is -2.55. The lowest BCUT2D eigenvalue weighted by molar-refractivity contribution is 0.0685. The highest BCUT2D eigenvalue weighted by Crippen LogP contribution is 2.25. The van der Waals surface area contributed by atoms with E-state index < -0.39 is 10.2 Å². The molecule has 1 saturated heterocycles. The van der Waals surface area contributed by atoms with Crippen molar-refractivity contribution < 1.29 is 13.2 Å². The zero-order valence-corrected chi connectivity index (χ0v) is 17.7. The highest BCUT2D eigenvalue weighted by atomic mass is 32.2. The fraction of sp³-hybridized carbons (Fsp3) is 0.722. The first-order valence-electron chi connectivity index (χ1n) is 9.84. The van der Waals surface area contributed by atoms with Crippen LogP contribution in [0.25, 0.3) is 0 Å². The predicted octanol–water partition coefficient (Wildman–Crippen LogP) is 0.810. The SMILES string of the molecule is CN(C)c1ccc(C(=O)N2CCN(S(=O)(=O)N(C)C3CCCCC3)CC2)nn1. The Morgan fingerprint density at radius 3 is 2.18 bits per heavy atom. The molecule has 9 nitrogen and oxygen atoms in total. The lowest BCUT2D eigenvalue weighted by atomic mass is 9.96. The second-order valence-electron chi connectivity index (χ2n) is 7.68. The average Bonchev–Trinajstić information content (AvgIpc) is 2.73. The summed E-state index contributed by atoms with van der Waals surface area (Å²) in [6, 6.07) is 3.49. The third-order valence-electron chi connectivity index (χ3n) is 5.63. The Hall–Kier alpha value is -1.78. The predicted molar refractivity (Wildman–Crippen MR) is 107 cm³/mol. The van der Waals surface area contributed by atoms with Gasteiger partial charge < -0.3 is 9.80 Å². The molecule has 0 radical (unpaired) electrons. The fourth-order valence-corrected chi connectivity index (χ4v) is 5.35. The maximum atomic E-state index is 13.0. The second kappa shape index (κ2) is 8.71. The van der Waals surface area contributed by atoms with Crippen LogP contribution in [0.5, 0.6) is 0 Å². The van der Waals surface area contributed by atoms with Crippen LogP contribution >= 0.6 is 0 Å². The molecule has 0 aromatic carbocycles. The van der Waals surface area contributed by atoms with Crippen LogP contribution in [0.2, 0.25) is 0 Å². The Balaban J connectivity index is 1.59. The highest BCUT2D eigenvalue weighted by Gasteiger charge is 2.35. The number of hydrogen-bond acceptors (Lipinski definition) is 6. The van der Waals surface area contributed by atoms with Crippen molar-refractivity contribution in [3.8, 4) is 0 Å². The van der Waals surface area contributed by atoms with E-state index in [-0.39, 0.29) is 17.6 Å². The molecule has 0 unspecified atom stereocenters. The van der Waals surface area contributed by atoms with Crippen molar-refractivity contribution in [2.75, 3.05) is 52.2 Å². The maximum Gasteiger partial charge on any atom is 0.282 e. The molecule has 10 heteroatoms. The van der Waals surface area contributed by atoms with Crippen LogP contribution in [-0.4, -0.2) is 91.4 Å². The molecular weight excluding hydrogens is 380 g/mol. The number of nitrogens with zero attached hydrogens (tertiary/aromatic N) is 6. The average molecular weight is 411 g/mol. The van der Waals surface area contributed by atoms with Gasteiger partial charge in [-0.3, -0.25) is 4.79 Å². The number of rotatable bonds is 5. The molecule has 156 valence electrons. The molecule has 2 fully saturated rings. The van der Waals surface area contributed by atoms with Crippen LogP contribution in [-0.2, 0) is 10.2 Å². The topological polar surface area (TPSA) is 90.0 Å². The van der Waals surface area contributed by atoms with E-state index in [4.69, 9.17) is 0 Å². The van der Waals surface area contributed by atoms with E-state index in [0.717, 1.165) is 25.7 Å². The van der Waals surface area contributed by atoms with Crippen molar-refractivity contribution in [3.05, 3.63) is 17.8 Å². The first kappa shape index (κ1) is 20.9. The summed E-state index contributed by atoms with van der Waals surface area (Å²) in [7, 11) is 1.90. The van der Waals surface area contributed by atoms with Crippen LogP contribution < -0.4 is 4.90 Å². The molecule has 28 heavy (non-hydrogen) atoms. The van der Waals surface area contributed by atoms with Gasteiger partial charge in [-0.1, -0.05) is 19.3 Å². The summed E-state index contributed by atoms with van der Waals surface area (Å²) in [5, 5.41) is 8.05. The number of anilines is 1. The number of carbonyl (C=O) groups excluding carboxylic acids is 1. The quantitative estimate of drug-likeness (QED) is 0.714. The van der Waals surface area contributed by atoms with Gasteiger partial charge in [0.2, 0.25) is 0 Å². The van der Waals surface area contributed by atoms with Gasteiger partial charge >= 0.3 is 0 Å². The first-order valence-corrected chi connectivity index (χ1v) is 11.2. The summed E-state index contributed by atoms with van der Waals surface area (Å²) in [6.45, 7) is 1.31. The van der Waals surface area contributed by atoms with E-state index in [1.807, 2.05) is 19.0 Å². The zero-order chi connectivity index (χ0) is 20.3. The minimum Gasteiger partial charge on any atom is -0.361 e. The van der Waals surface area contributed by atoms with Crippen molar-refractivity contribution in [1.82, 2.24) is 23.7 Å². The van der Waals surface area contributed by atoms with E-state index in [0.29, 0.717) is 32.0 Å². The van der Waals surface area contributed by atoms with Gasteiger partial charge in [-0.15, -0.1) is 10.2 Å². The molecule has 1 aromatic rings. The van der Waals surface area contributed by atoms with Crippen molar-refractivity contribution in [3.63, 3.8) is 0 Å². The summed E-state index contributed by atoms with van der Waals surface area (Å²) < 4.78 is 28.9. The van der Waals surface area contributed by atoms with Gasteiger partial charge in [-0.05, 0) is 25.0 Å². The third kappa shape index (κ3) is 4.44. The van der Waals surface area contributed by atoms with E-state index in [1.54, 1.807) is 24.1 Å². The summed E-state index contributed by atoms with van der Waals surface area (Å²) in [4.78, 5) is 16.1. The minimum absolute atomic E-state index is 0.0869. The number of amides is 1. The molecule has 0 N–H and O–H groups in total. The number of carbonyl (C=O) groups is 1. The Morgan fingerprint density at radius 1 is 1.00 bits per heavy atom. The molecule has 0 atom stereocenters. The standard InChI is InChI=1S/C18H30N6O3S/c1-21(2)17-10-9-16(19-20-17)18(25)23-11-13-24(14-12-23)28(26,27)22(3)15-7-5-4-6-8-15/h9-10,15H,4-8,11-14H2,1-3H3. The van der Waals surface area contributed by atoms with Crippen LogP contribution in [0.3, 0.4) is 0 Å². The molecule has 1 saturated carbocycles. The van der Waals surface area contributed by atoms with E-state index in [1.165, 1.54) is 15.0 Å². The maximum absolute atomic E-state index is 13.0. The van der Waals surface area contributed by atoms with Crippen LogP contribution in [0.1, 0.15) is 42.6 Å². The summed E-state index contributed by atoms with van der Waals surface area (Å²) in [5.74, 6) is 0.466. The first-order chi connectivity index (χ1) is 13.3. The van der Waals surface area contributed by atoms with Gasteiger partial charge in [0, 0.05) is 53.4 Å². The van der Waals surface area contributed by atoms with Gasteiger partial charge in [0.15, 0.2) is 11.5 Å². The molecular formula is C18H30N6O3S. The largest absolute Gasteiger partial charge is 0.361 e. The van der Waals surface area contributed by atoms with Gasteiger partial charge in [0.25, 0.3) is 16.1 Å². The third-order valence-corrected chi connectivity index (χ3v) is 7.68. The van der Waals surface area contributed by atoms with E-state index in [2.05, 4.69) is 10.2 Å². The van der Waals surface area contributed by atoms with Gasteiger partial charge in [0.1, 0.15) is 0 Å². The molecule has 0 spiro atoms. The molecule has 1 amide bonds. The van der Waals surface area contributed by atoms with Gasteiger partial charge in [-0.2, -0.15) is 17.0 Å². The smallest absolute Gasteiger partial charge is 0.282 e. The number of aromatic nitrogens is 2. The van der Waals surface area contributed by atoms with Crippen LogP contribution in [0.15, 0.2) is 12.1 Å². The molecule has 1 aliphatic heterocycles. The monoisotopic (exact) mass is 410 g/mol. The van der Waals surface area contributed by atoms with E-state index in [9.17, 15) is 13.2 Å². The summed E-state index contributed by atoms with van der Waals surface area (Å²) in [6.07, 6.45) is 5.20. The van der Waals surface area contributed by atoms with Crippen molar-refractivity contribution >= 4 is 21.9 Å². The Morgan fingerprint density at radius 2 is 1.64 bits per heavy atom. The van der Waals surface area contributed by atoms with Crippen molar-refractivity contribution in [1.29, 1.82) is 0 Å². The number of piperazine rings is 1. The van der Waals surface area contributed by atoms with E-state index >= 15 is 0 Å². The lowest BCUT2D eigenvalue weighted by Gasteiger charge is -2.38. The molecule has 3 rings (SSSR count). The molecule has 1 aliphatic carbocycles. The minimum atomic E-state index is -3.50. The van der Waals surface area contributed by atoms with Gasteiger partial charge in [-0.25, -0.2) is 0 Å². The van der Waals surface area contributed by atoms with Crippen LogP contribution in [0, 0.1) is 0 Å². The number of hydrogen-bond donors (Lipinski definition) is 0. The van der Waals surface area contributed by atoms with Crippen LogP contribution in [0.4, 0.5) is 5.82 Å². The molecule has 2 aliphatic rings. The Kier molecular flexibility index (Phi) is 6.51. The Bertz CT molecular complexity index is 769. The summed E-state index contributed by atoms with van der Waals surface area (Å²) in [5.41, 5.74) is 0.279. The molecule has 2 heterocycles. The Labute approximate surface area is 167 Å². The van der Waals surface area contributed by atoms with Gasteiger partial charge in [0.05, 0.1) is 0 Å².